The van der Waals surface area contributed by atoms with Gasteiger partial charge in [0.05, 0.1) is 13.3 Å². The number of anilines is 1. The minimum atomic E-state index is 0.826. The van der Waals surface area contributed by atoms with Crippen LogP contribution < -0.4 is 10.1 Å². The van der Waals surface area contributed by atoms with Gasteiger partial charge < -0.3 is 10.1 Å². The molecule has 0 radical (unpaired) electrons. The van der Waals surface area contributed by atoms with Crippen LogP contribution in [0.25, 0.3) is 16.8 Å². The van der Waals surface area contributed by atoms with E-state index in [1.807, 2.05) is 41.0 Å². The number of nitrogens with zero attached hydrogens (tertiary/aromatic N) is 3. The molecule has 0 aliphatic heterocycles. The molecule has 0 amide bonds. The van der Waals surface area contributed by atoms with Crippen molar-refractivity contribution >= 4 is 11.5 Å². The van der Waals surface area contributed by atoms with Gasteiger partial charge in [0.1, 0.15) is 11.6 Å². The van der Waals surface area contributed by atoms with Gasteiger partial charge in [0.2, 0.25) is 0 Å². The Hall–Kier alpha value is -2.56. The van der Waals surface area contributed by atoms with Crippen LogP contribution in [0, 0.1) is 0 Å². The molecule has 0 spiro atoms. The van der Waals surface area contributed by atoms with Gasteiger partial charge in [0.15, 0.2) is 5.65 Å². The van der Waals surface area contributed by atoms with Crippen molar-refractivity contribution in [3.8, 4) is 16.9 Å². The summed E-state index contributed by atoms with van der Waals surface area (Å²) in [4.78, 5) is 4.46. The molecule has 0 unspecified atom stereocenters. The summed E-state index contributed by atoms with van der Waals surface area (Å²) in [5.41, 5.74) is 2.88. The Kier molecular flexibility index (Phi) is 3.73. The molecular formula is C16H18N4O. The molecule has 5 heteroatoms. The summed E-state index contributed by atoms with van der Waals surface area (Å²) >= 11 is 0. The van der Waals surface area contributed by atoms with Crippen molar-refractivity contribution in [3.63, 3.8) is 0 Å². The maximum atomic E-state index is 5.28. The van der Waals surface area contributed by atoms with Gasteiger partial charge in [-0.05, 0) is 30.2 Å². The second-order valence-electron chi connectivity index (χ2n) is 4.78. The zero-order valence-corrected chi connectivity index (χ0v) is 12.2. The topological polar surface area (TPSA) is 51.5 Å². The summed E-state index contributed by atoms with van der Waals surface area (Å²) in [6.07, 6.45) is 4.71. The number of aromatic nitrogens is 3. The van der Waals surface area contributed by atoms with E-state index in [0.717, 1.165) is 41.3 Å². The van der Waals surface area contributed by atoms with E-state index < -0.39 is 0 Å². The average Bonchev–Trinajstić information content (AvgIpc) is 2.97. The van der Waals surface area contributed by atoms with Gasteiger partial charge in [0, 0.05) is 18.3 Å². The van der Waals surface area contributed by atoms with Gasteiger partial charge in [-0.3, -0.25) is 0 Å². The van der Waals surface area contributed by atoms with Crippen LogP contribution in [0.2, 0.25) is 0 Å². The first-order valence-electron chi connectivity index (χ1n) is 7.04. The lowest BCUT2D eigenvalue weighted by Gasteiger charge is -2.07. The number of ether oxygens (including phenoxy) is 1. The van der Waals surface area contributed by atoms with Gasteiger partial charge in [-0.25, -0.2) is 4.98 Å². The third-order valence-corrected chi connectivity index (χ3v) is 3.34. The molecule has 2 aromatic heterocycles. The second kappa shape index (κ2) is 5.83. The Morgan fingerprint density at radius 3 is 3.00 bits per heavy atom. The fourth-order valence-electron chi connectivity index (χ4n) is 2.27. The Labute approximate surface area is 123 Å². The zero-order chi connectivity index (χ0) is 14.7. The van der Waals surface area contributed by atoms with Gasteiger partial charge in [-0.2, -0.15) is 9.61 Å². The number of nitrogens with one attached hydrogen (secondary N) is 1. The fraction of sp³-hybridized carbons (Fsp3) is 0.250. The molecule has 21 heavy (non-hydrogen) atoms. The highest BCUT2D eigenvalue weighted by molar-refractivity contribution is 5.78. The number of hydrogen-bond acceptors (Lipinski definition) is 4. The predicted molar refractivity (Wildman–Crippen MR) is 83.8 cm³/mol. The summed E-state index contributed by atoms with van der Waals surface area (Å²) in [6.45, 7) is 3.05. The third-order valence-electron chi connectivity index (χ3n) is 3.34. The first-order valence-corrected chi connectivity index (χ1v) is 7.04. The van der Waals surface area contributed by atoms with E-state index in [-0.39, 0.29) is 0 Å². The Balaban J connectivity index is 2.07. The van der Waals surface area contributed by atoms with E-state index in [4.69, 9.17) is 4.74 Å². The van der Waals surface area contributed by atoms with Crippen molar-refractivity contribution in [1.29, 1.82) is 0 Å². The normalized spacial score (nSPS) is 10.8. The summed E-state index contributed by atoms with van der Waals surface area (Å²) in [5.74, 6) is 1.78. The van der Waals surface area contributed by atoms with Crippen LogP contribution in [-0.2, 0) is 0 Å². The van der Waals surface area contributed by atoms with E-state index >= 15 is 0 Å². The minimum absolute atomic E-state index is 0.826. The lowest BCUT2D eigenvalue weighted by atomic mass is 10.1. The molecule has 0 aliphatic rings. The van der Waals surface area contributed by atoms with Crippen LogP contribution in [0.5, 0.6) is 5.75 Å². The molecule has 108 valence electrons. The first-order chi connectivity index (χ1) is 10.3. The molecule has 1 aromatic carbocycles. The van der Waals surface area contributed by atoms with Crippen LogP contribution >= 0.6 is 0 Å². The van der Waals surface area contributed by atoms with Crippen LogP contribution in [0.3, 0.4) is 0 Å². The molecule has 2 heterocycles. The van der Waals surface area contributed by atoms with Crippen molar-refractivity contribution in [1.82, 2.24) is 14.6 Å². The lowest BCUT2D eigenvalue weighted by molar-refractivity contribution is 0.415. The lowest BCUT2D eigenvalue weighted by Crippen LogP contribution is -2.06. The van der Waals surface area contributed by atoms with Crippen molar-refractivity contribution in [2.75, 3.05) is 19.0 Å². The SMILES string of the molecule is CCCNc1ccnc2c(-c3cccc(OC)c3)cnn12. The highest BCUT2D eigenvalue weighted by atomic mass is 16.5. The van der Waals surface area contributed by atoms with Crippen molar-refractivity contribution < 1.29 is 4.74 Å². The molecule has 0 saturated carbocycles. The Morgan fingerprint density at radius 2 is 2.19 bits per heavy atom. The van der Waals surface area contributed by atoms with E-state index in [9.17, 15) is 0 Å². The van der Waals surface area contributed by atoms with Crippen molar-refractivity contribution in [2.24, 2.45) is 0 Å². The molecule has 0 bridgehead atoms. The van der Waals surface area contributed by atoms with Gasteiger partial charge >= 0.3 is 0 Å². The molecule has 3 aromatic rings. The smallest absolute Gasteiger partial charge is 0.165 e. The summed E-state index contributed by atoms with van der Waals surface area (Å²) in [6, 6.07) is 9.86. The number of methoxy groups -OCH3 is 1. The monoisotopic (exact) mass is 282 g/mol. The van der Waals surface area contributed by atoms with E-state index in [1.54, 1.807) is 13.3 Å². The van der Waals surface area contributed by atoms with E-state index in [2.05, 4.69) is 22.3 Å². The third kappa shape index (κ3) is 2.54. The molecule has 0 atom stereocenters. The van der Waals surface area contributed by atoms with E-state index in [0.29, 0.717) is 0 Å². The summed E-state index contributed by atoms with van der Waals surface area (Å²) in [5, 5.41) is 7.81. The molecule has 1 N–H and O–H groups in total. The second-order valence-corrected chi connectivity index (χ2v) is 4.78. The Morgan fingerprint density at radius 1 is 1.29 bits per heavy atom. The number of hydrogen-bond donors (Lipinski definition) is 1. The number of benzene rings is 1. The first kappa shape index (κ1) is 13.4. The highest BCUT2D eigenvalue weighted by Gasteiger charge is 2.10. The summed E-state index contributed by atoms with van der Waals surface area (Å²) < 4.78 is 7.12. The van der Waals surface area contributed by atoms with Crippen LogP contribution in [-0.4, -0.2) is 28.3 Å². The maximum Gasteiger partial charge on any atom is 0.165 e. The summed E-state index contributed by atoms with van der Waals surface area (Å²) in [7, 11) is 1.67. The van der Waals surface area contributed by atoms with Gasteiger partial charge in [0.25, 0.3) is 0 Å². The largest absolute Gasteiger partial charge is 0.497 e. The zero-order valence-electron chi connectivity index (χ0n) is 12.2. The van der Waals surface area contributed by atoms with Gasteiger partial charge in [-0.15, -0.1) is 0 Å². The molecule has 0 fully saturated rings. The van der Waals surface area contributed by atoms with Crippen LogP contribution in [0.1, 0.15) is 13.3 Å². The molecular weight excluding hydrogens is 264 g/mol. The van der Waals surface area contributed by atoms with Crippen LogP contribution in [0.4, 0.5) is 5.82 Å². The van der Waals surface area contributed by atoms with Crippen LogP contribution in [0.15, 0.2) is 42.7 Å². The highest BCUT2D eigenvalue weighted by Crippen LogP contribution is 2.27. The molecule has 3 rings (SSSR count). The Bertz CT molecular complexity index is 751. The fourth-order valence-corrected chi connectivity index (χ4v) is 2.27. The average molecular weight is 282 g/mol. The quantitative estimate of drug-likeness (QED) is 0.780. The van der Waals surface area contributed by atoms with E-state index in [1.165, 1.54) is 0 Å². The molecule has 0 saturated heterocycles. The molecule has 0 aliphatic carbocycles. The van der Waals surface area contributed by atoms with Crippen molar-refractivity contribution in [2.45, 2.75) is 13.3 Å². The number of fused-ring (bicyclic) bond motifs is 1. The minimum Gasteiger partial charge on any atom is -0.497 e. The maximum absolute atomic E-state index is 5.28. The predicted octanol–water partition coefficient (Wildman–Crippen LogP) is 3.23. The molecule has 5 nitrogen and oxygen atoms in total. The standard InChI is InChI=1S/C16H18N4O/c1-3-8-17-15-7-9-18-16-14(11-19-20(15)16)12-5-4-6-13(10-12)21-2/h4-7,9-11,17H,3,8H2,1-2H3. The van der Waals surface area contributed by atoms with Crippen molar-refractivity contribution in [3.05, 3.63) is 42.7 Å². The number of rotatable bonds is 5. The van der Waals surface area contributed by atoms with Gasteiger partial charge in [-0.1, -0.05) is 19.1 Å².